The Morgan fingerprint density at radius 2 is 1.76 bits per heavy atom. The van der Waals surface area contributed by atoms with Gasteiger partial charge < -0.3 is 9.55 Å². The van der Waals surface area contributed by atoms with Gasteiger partial charge in [-0.15, -0.1) is 53.6 Å². The summed E-state index contributed by atoms with van der Waals surface area (Å²) in [6.45, 7) is 9.12. The third kappa shape index (κ3) is 5.66. The number of thiophene rings is 1. The van der Waals surface area contributed by atoms with Crippen molar-refractivity contribution in [3.05, 3.63) is 103 Å². The molecule has 0 aliphatic heterocycles. The van der Waals surface area contributed by atoms with Crippen molar-refractivity contribution >= 4 is 55.9 Å². The van der Waals surface area contributed by atoms with Crippen molar-refractivity contribution in [3.63, 3.8) is 0 Å². The molecular formula is C33H29IrN5SSi-2. The molecule has 0 spiro atoms. The average molecular weight is 748 g/mol. The molecule has 0 saturated carbocycles. The van der Waals surface area contributed by atoms with Gasteiger partial charge in [0.15, 0.2) is 0 Å². The van der Waals surface area contributed by atoms with Crippen LogP contribution in [0.3, 0.4) is 0 Å². The second-order valence-corrected chi connectivity index (χ2v) is 16.9. The van der Waals surface area contributed by atoms with Gasteiger partial charge >= 0.3 is 0 Å². The summed E-state index contributed by atoms with van der Waals surface area (Å²) in [4.78, 5) is 19.1. The predicted octanol–water partition coefficient (Wildman–Crippen LogP) is 7.60. The minimum absolute atomic E-state index is 0. The molecule has 5 aromatic heterocycles. The van der Waals surface area contributed by atoms with Gasteiger partial charge in [0.25, 0.3) is 0 Å². The number of imidazole rings is 1. The van der Waals surface area contributed by atoms with E-state index in [2.05, 4.69) is 82.5 Å². The van der Waals surface area contributed by atoms with Crippen LogP contribution in [0.2, 0.25) is 19.6 Å². The van der Waals surface area contributed by atoms with Crippen molar-refractivity contribution in [2.45, 2.75) is 26.6 Å². The van der Waals surface area contributed by atoms with Gasteiger partial charge in [-0.05, 0) is 27.7 Å². The Morgan fingerprint density at radius 1 is 0.902 bits per heavy atom. The Morgan fingerprint density at radius 3 is 2.46 bits per heavy atom. The maximum Gasteiger partial charge on any atom is 0.113 e. The predicted molar refractivity (Wildman–Crippen MR) is 170 cm³/mol. The number of rotatable bonds is 3. The minimum Gasteiger partial charge on any atom is -0.366 e. The van der Waals surface area contributed by atoms with Crippen LogP contribution in [0.15, 0.2) is 85.5 Å². The smallest absolute Gasteiger partial charge is 0.113 e. The zero-order valence-corrected chi connectivity index (χ0v) is 27.8. The van der Waals surface area contributed by atoms with Crippen molar-refractivity contribution in [2.75, 3.05) is 0 Å². The van der Waals surface area contributed by atoms with E-state index in [0.717, 1.165) is 38.5 Å². The first kappa shape index (κ1) is 29.0. The molecule has 8 heteroatoms. The Balaban J connectivity index is 0.000000175. The third-order valence-corrected chi connectivity index (χ3v) is 10.2. The van der Waals surface area contributed by atoms with Gasteiger partial charge in [0.2, 0.25) is 0 Å². The molecule has 0 N–H and O–H groups in total. The van der Waals surface area contributed by atoms with Crippen molar-refractivity contribution in [3.8, 4) is 22.6 Å². The van der Waals surface area contributed by atoms with E-state index in [-0.39, 0.29) is 20.1 Å². The molecule has 5 heterocycles. The van der Waals surface area contributed by atoms with E-state index in [9.17, 15) is 0 Å². The molecular weight excluding hydrogens is 719 g/mol. The van der Waals surface area contributed by atoms with E-state index in [0.29, 0.717) is 0 Å². The van der Waals surface area contributed by atoms with Gasteiger partial charge in [0, 0.05) is 51.1 Å². The summed E-state index contributed by atoms with van der Waals surface area (Å²) in [5.41, 5.74) is 6.27. The normalized spacial score (nSPS) is 11.3. The van der Waals surface area contributed by atoms with E-state index >= 15 is 0 Å². The van der Waals surface area contributed by atoms with Crippen molar-refractivity contribution < 1.29 is 20.1 Å². The van der Waals surface area contributed by atoms with Crippen LogP contribution in [0.4, 0.5) is 0 Å². The first-order valence-corrected chi connectivity index (χ1v) is 17.5. The Hall–Kier alpha value is -3.55. The molecule has 0 aliphatic carbocycles. The maximum atomic E-state index is 4.81. The molecule has 0 amide bonds. The summed E-state index contributed by atoms with van der Waals surface area (Å²) in [5, 5.41) is 3.85. The van der Waals surface area contributed by atoms with Crippen molar-refractivity contribution in [1.29, 1.82) is 0 Å². The quantitative estimate of drug-likeness (QED) is 0.138. The Bertz CT molecular complexity index is 1960. The summed E-state index contributed by atoms with van der Waals surface area (Å²) in [5.74, 6) is 0.912. The average Bonchev–Trinajstić information content (AvgIpc) is 3.53. The minimum atomic E-state index is -1.23. The zero-order valence-electron chi connectivity index (χ0n) is 23.6. The molecule has 0 bridgehead atoms. The van der Waals surface area contributed by atoms with Crippen LogP contribution in [0.1, 0.15) is 5.56 Å². The molecule has 7 aromatic rings. The monoisotopic (exact) mass is 748 g/mol. The fraction of sp³-hybridized carbons (Fsp3) is 0.152. The van der Waals surface area contributed by atoms with Crippen molar-refractivity contribution in [1.82, 2.24) is 24.5 Å². The molecule has 5 nitrogen and oxygen atoms in total. The summed E-state index contributed by atoms with van der Waals surface area (Å²) >= 11 is 1.70. The van der Waals surface area contributed by atoms with Gasteiger partial charge in [0.05, 0.1) is 31.1 Å². The standard InChI is InChI=1S/C19H13N4S.C14H16NSi.Ir/c1-11-5-6-13(17-16(11)12-4-3-8-21-19(12)24-17)18-22-14-7-9-20-10-15(14)23(18)2;1-16(2,3)13-9-10-14(15-11-13)12-7-5-4-6-8-12;/h3-5,7-10H,1-2H3;4-7,9-11H,1-3H3;/q2*-1;. The number of aryl methyl sites for hydroxylation is 2. The number of hydrogen-bond donors (Lipinski definition) is 0. The number of nitrogens with zero attached hydrogens (tertiary/aromatic N) is 5. The number of pyridine rings is 3. The zero-order chi connectivity index (χ0) is 27.9. The summed E-state index contributed by atoms with van der Waals surface area (Å²) in [6.07, 6.45) is 7.49. The van der Waals surface area contributed by atoms with E-state index < -0.39 is 8.07 Å². The Kier molecular flexibility index (Phi) is 8.29. The molecule has 7 rings (SSSR count). The molecule has 41 heavy (non-hydrogen) atoms. The largest absolute Gasteiger partial charge is 0.366 e. The summed E-state index contributed by atoms with van der Waals surface area (Å²) in [6, 6.07) is 27.0. The number of hydrogen-bond acceptors (Lipinski definition) is 5. The second kappa shape index (κ2) is 11.7. The van der Waals surface area contributed by atoms with Gasteiger partial charge in [-0.2, -0.15) is 11.3 Å². The topological polar surface area (TPSA) is 56.5 Å². The molecule has 0 fully saturated rings. The molecule has 0 saturated heterocycles. The fourth-order valence-electron chi connectivity index (χ4n) is 4.79. The van der Waals surface area contributed by atoms with Crippen molar-refractivity contribution in [2.24, 2.45) is 7.05 Å². The molecule has 0 atom stereocenters. The van der Waals surface area contributed by atoms with Crippen LogP contribution in [-0.4, -0.2) is 32.6 Å². The van der Waals surface area contributed by atoms with Gasteiger partial charge in [-0.1, -0.05) is 55.7 Å². The van der Waals surface area contributed by atoms with Crippen LogP contribution in [0.5, 0.6) is 0 Å². The van der Waals surface area contributed by atoms with Gasteiger partial charge in [-0.25, -0.2) is 4.98 Å². The van der Waals surface area contributed by atoms with E-state index in [4.69, 9.17) is 4.98 Å². The number of aromatic nitrogens is 5. The van der Waals surface area contributed by atoms with E-state index in [1.807, 2.05) is 62.0 Å². The fourth-order valence-corrected chi connectivity index (χ4v) is 7.04. The van der Waals surface area contributed by atoms with E-state index in [1.54, 1.807) is 17.5 Å². The Labute approximate surface area is 258 Å². The van der Waals surface area contributed by atoms with Gasteiger partial charge in [0.1, 0.15) is 4.83 Å². The maximum absolute atomic E-state index is 4.81. The molecule has 207 valence electrons. The molecule has 0 aliphatic rings. The van der Waals surface area contributed by atoms with Crippen LogP contribution >= 0.6 is 11.3 Å². The van der Waals surface area contributed by atoms with Crippen LogP contribution in [-0.2, 0) is 27.2 Å². The summed E-state index contributed by atoms with van der Waals surface area (Å²) in [7, 11) is 0.795. The molecule has 0 unspecified atom stereocenters. The first-order chi connectivity index (χ1) is 19.3. The van der Waals surface area contributed by atoms with Gasteiger partial charge in [-0.3, -0.25) is 9.97 Å². The number of fused-ring (bicyclic) bond motifs is 4. The van der Waals surface area contributed by atoms with E-state index in [1.165, 1.54) is 26.2 Å². The number of benzene rings is 2. The summed E-state index contributed by atoms with van der Waals surface area (Å²) < 4.78 is 3.27. The molecule has 2 aromatic carbocycles. The first-order valence-electron chi connectivity index (χ1n) is 13.2. The third-order valence-electron chi connectivity index (χ3n) is 7.04. The molecule has 1 radical (unpaired) electrons. The SMILES string of the molecule is C[Si](C)(C)c1ccc(-c2[c-]cccc2)nc1.Cc1c[c-]c(-c2nc3ccncc3n2C)c2sc3ncccc3c12.[Ir]. The second-order valence-electron chi connectivity index (χ2n) is 10.8. The van der Waals surface area contributed by atoms with Crippen LogP contribution in [0.25, 0.3) is 54.0 Å². The van der Waals surface area contributed by atoms with Crippen LogP contribution < -0.4 is 5.19 Å². The van der Waals surface area contributed by atoms with Crippen LogP contribution in [0, 0.1) is 19.1 Å².